The van der Waals surface area contributed by atoms with Crippen molar-refractivity contribution < 1.29 is 12.7 Å². The van der Waals surface area contributed by atoms with Gasteiger partial charge in [-0.25, -0.2) is 0 Å². The lowest BCUT2D eigenvalue weighted by Crippen LogP contribution is -2.29. The van der Waals surface area contributed by atoms with Gasteiger partial charge >= 0.3 is 0 Å². The molecule has 0 saturated heterocycles. The molecule has 0 radical (unpaired) electrons. The van der Waals surface area contributed by atoms with Crippen LogP contribution >= 0.6 is 21.2 Å². The minimum absolute atomic E-state index is 0.389. The highest BCUT2D eigenvalue weighted by Gasteiger charge is 2.19. The van der Waals surface area contributed by atoms with Crippen LogP contribution in [-0.2, 0) is 7.86 Å². The summed E-state index contributed by atoms with van der Waals surface area (Å²) in [6.07, 6.45) is 0. The fourth-order valence-electron chi connectivity index (χ4n) is 1.65. The minimum Gasteiger partial charge on any atom is -0.293 e. The summed E-state index contributed by atoms with van der Waals surface area (Å²) in [5.41, 5.74) is 2.96. The molecule has 2 amide bonds. The summed E-state index contributed by atoms with van der Waals surface area (Å²) < 4.78 is 11.8. The third kappa shape index (κ3) is 2.96. The molecule has 0 aliphatic heterocycles. The van der Waals surface area contributed by atoms with Gasteiger partial charge in [0.15, 0.2) is 21.2 Å². The third-order valence-corrected chi connectivity index (χ3v) is 4.39. The molecular formula is C12H14INO3. The lowest BCUT2D eigenvalue weighted by Gasteiger charge is -2.12. The first kappa shape index (κ1) is 14.0. The summed E-state index contributed by atoms with van der Waals surface area (Å²) in [6.45, 7) is 6.79. The maximum atomic E-state index is 11.9. The highest BCUT2D eigenvalue weighted by Crippen LogP contribution is 2.26. The van der Waals surface area contributed by atoms with E-state index in [0.717, 1.165) is 16.7 Å². The molecule has 5 heteroatoms. The Morgan fingerprint density at radius 1 is 1.18 bits per heavy atom. The second-order valence-electron chi connectivity index (χ2n) is 3.91. The molecule has 0 atom stereocenters. The minimum atomic E-state index is -1.45. The molecular weight excluding hydrogens is 333 g/mol. The number of amides is 2. The number of rotatable bonds is 2. The number of nitrogens with one attached hydrogen (secondary N) is 1. The van der Waals surface area contributed by atoms with Gasteiger partial charge in [-0.3, -0.25) is 18.0 Å². The summed E-state index contributed by atoms with van der Waals surface area (Å²) >= 11 is -1.45. The molecule has 1 aromatic rings. The van der Waals surface area contributed by atoms with Crippen LogP contribution in [0.1, 0.15) is 34.0 Å². The van der Waals surface area contributed by atoms with Crippen LogP contribution in [0.25, 0.3) is 0 Å². The van der Waals surface area contributed by atoms with Crippen molar-refractivity contribution in [3.63, 3.8) is 0 Å². The van der Waals surface area contributed by atoms with Gasteiger partial charge in [-0.2, -0.15) is 0 Å². The number of benzene rings is 1. The highest BCUT2D eigenvalue weighted by molar-refractivity contribution is 14.1. The van der Waals surface area contributed by atoms with Gasteiger partial charge < -0.3 is 0 Å². The van der Waals surface area contributed by atoms with Gasteiger partial charge in [0.1, 0.15) is 0 Å². The Kier molecular flexibility index (Phi) is 4.50. The lowest BCUT2D eigenvalue weighted by atomic mass is 9.99. The molecule has 17 heavy (non-hydrogen) atoms. The quantitative estimate of drug-likeness (QED) is 0.836. The fraction of sp³-hybridized carbons (Fsp3) is 0.333. The normalized spacial score (nSPS) is 10.1. The maximum Gasteiger partial charge on any atom is 0.259 e. The van der Waals surface area contributed by atoms with E-state index in [1.807, 2.05) is 19.9 Å². The molecule has 0 heterocycles. The van der Waals surface area contributed by atoms with Crippen molar-refractivity contribution in [2.45, 2.75) is 27.7 Å². The van der Waals surface area contributed by atoms with Crippen LogP contribution in [0.15, 0.2) is 6.07 Å². The average Bonchev–Trinajstić information content (AvgIpc) is 2.21. The van der Waals surface area contributed by atoms with Crippen LogP contribution in [0.4, 0.5) is 0 Å². The van der Waals surface area contributed by atoms with Gasteiger partial charge in [0.2, 0.25) is 5.91 Å². The zero-order chi connectivity index (χ0) is 13.2. The Bertz CT molecular complexity index is 509. The molecule has 0 fully saturated rings. The molecule has 0 bridgehead atoms. The first-order valence-corrected chi connectivity index (χ1v) is 7.04. The van der Waals surface area contributed by atoms with Crippen molar-refractivity contribution >= 4 is 33.0 Å². The van der Waals surface area contributed by atoms with Gasteiger partial charge in [-0.05, 0) is 37.5 Å². The van der Waals surface area contributed by atoms with Crippen molar-refractivity contribution in [2.75, 3.05) is 0 Å². The van der Waals surface area contributed by atoms with Crippen LogP contribution in [0, 0.1) is 24.3 Å². The lowest BCUT2D eigenvalue weighted by molar-refractivity contribution is -0.118. The van der Waals surface area contributed by atoms with E-state index in [0.29, 0.717) is 9.13 Å². The van der Waals surface area contributed by atoms with Gasteiger partial charge in [-0.1, -0.05) is 6.07 Å². The monoisotopic (exact) mass is 347 g/mol. The van der Waals surface area contributed by atoms with E-state index in [1.54, 1.807) is 6.92 Å². The zero-order valence-corrected chi connectivity index (χ0v) is 12.3. The van der Waals surface area contributed by atoms with Crippen LogP contribution in [0.5, 0.6) is 0 Å². The molecule has 92 valence electrons. The van der Waals surface area contributed by atoms with E-state index in [-0.39, 0.29) is 0 Å². The van der Waals surface area contributed by atoms with Crippen molar-refractivity contribution in [1.29, 1.82) is 0 Å². The summed E-state index contributed by atoms with van der Waals surface area (Å²) in [4.78, 5) is 22.8. The number of imide groups is 1. The number of hydrogen-bond donors (Lipinski definition) is 1. The molecule has 1 rings (SSSR count). The number of halogens is 1. The second kappa shape index (κ2) is 5.48. The van der Waals surface area contributed by atoms with Crippen LogP contribution in [0.3, 0.4) is 0 Å². The second-order valence-corrected chi connectivity index (χ2v) is 5.43. The van der Waals surface area contributed by atoms with Crippen LogP contribution in [0.2, 0.25) is 0 Å². The summed E-state index contributed by atoms with van der Waals surface area (Å²) in [6, 6.07) is 1.91. The van der Waals surface area contributed by atoms with E-state index in [2.05, 4.69) is 5.32 Å². The van der Waals surface area contributed by atoms with Gasteiger partial charge in [0.05, 0.1) is 9.13 Å². The summed E-state index contributed by atoms with van der Waals surface area (Å²) in [5, 5.41) is 2.23. The summed E-state index contributed by atoms with van der Waals surface area (Å²) in [5.74, 6) is -0.879. The number of hydrogen-bond acceptors (Lipinski definition) is 3. The van der Waals surface area contributed by atoms with Crippen molar-refractivity contribution in [2.24, 2.45) is 0 Å². The standard InChI is InChI=1S/C12H14INO3/c1-6-5-7(2)11(13-17)10(8(6)3)12(16)14-9(4)15/h5H,1-4H3,(H,14,15,16). The Balaban J connectivity index is 3.44. The van der Waals surface area contributed by atoms with E-state index in [1.165, 1.54) is 6.92 Å². The van der Waals surface area contributed by atoms with Crippen LogP contribution in [-0.4, -0.2) is 11.8 Å². The van der Waals surface area contributed by atoms with Crippen LogP contribution < -0.4 is 5.32 Å². The van der Waals surface area contributed by atoms with Crippen molar-refractivity contribution in [3.05, 3.63) is 31.9 Å². The first-order chi connectivity index (χ1) is 7.88. The highest BCUT2D eigenvalue weighted by atomic mass is 127. The predicted molar refractivity (Wildman–Crippen MR) is 72.2 cm³/mol. The first-order valence-electron chi connectivity index (χ1n) is 5.08. The molecule has 0 aromatic heterocycles. The number of carbonyl (C=O) groups excluding carboxylic acids is 2. The van der Waals surface area contributed by atoms with Crippen molar-refractivity contribution in [1.82, 2.24) is 5.32 Å². The van der Waals surface area contributed by atoms with Gasteiger partial charge in [0.25, 0.3) is 5.91 Å². The van der Waals surface area contributed by atoms with Gasteiger partial charge in [0, 0.05) is 6.92 Å². The Morgan fingerprint density at radius 3 is 2.24 bits per heavy atom. The fourth-order valence-corrected chi connectivity index (χ4v) is 3.02. The molecule has 0 aliphatic carbocycles. The molecule has 0 aliphatic rings. The Morgan fingerprint density at radius 2 is 1.76 bits per heavy atom. The van der Waals surface area contributed by atoms with E-state index in [9.17, 15) is 12.7 Å². The summed E-state index contributed by atoms with van der Waals surface area (Å²) in [7, 11) is 0. The molecule has 0 unspecified atom stereocenters. The van der Waals surface area contributed by atoms with E-state index < -0.39 is 33.0 Å². The maximum absolute atomic E-state index is 11.9. The van der Waals surface area contributed by atoms with Gasteiger partial charge in [-0.15, -0.1) is 0 Å². The SMILES string of the molecule is CC(=O)NC(=O)c1c(C)c(C)cc(C)c1I=O. The van der Waals surface area contributed by atoms with Crippen molar-refractivity contribution in [3.8, 4) is 0 Å². The van der Waals surface area contributed by atoms with E-state index in [4.69, 9.17) is 0 Å². The Hall–Kier alpha value is -1.11. The molecule has 0 saturated carbocycles. The molecule has 1 N–H and O–H groups in total. The molecule has 1 aromatic carbocycles. The smallest absolute Gasteiger partial charge is 0.259 e. The predicted octanol–water partition coefficient (Wildman–Crippen LogP) is 2.37. The zero-order valence-electron chi connectivity index (χ0n) is 10.2. The topological polar surface area (TPSA) is 63.2 Å². The molecule has 0 spiro atoms. The molecule has 4 nitrogen and oxygen atoms in total. The largest absolute Gasteiger partial charge is 0.293 e. The average molecular weight is 347 g/mol. The number of carbonyl (C=O) groups is 2. The van der Waals surface area contributed by atoms with E-state index >= 15 is 0 Å². The Labute approximate surface area is 110 Å². The third-order valence-electron chi connectivity index (χ3n) is 2.56. The number of aryl methyl sites for hydroxylation is 2.